The van der Waals surface area contributed by atoms with E-state index in [0.29, 0.717) is 17.9 Å². The number of aliphatic hydroxyl groups excluding tert-OH is 1. The summed E-state index contributed by atoms with van der Waals surface area (Å²) < 4.78 is 5.95. The Kier molecular flexibility index (Phi) is 5.75. The van der Waals surface area contributed by atoms with Crippen molar-refractivity contribution >= 4 is 11.8 Å². The van der Waals surface area contributed by atoms with Gasteiger partial charge in [0.05, 0.1) is 0 Å². The number of nitrogens with one attached hydrogen (secondary N) is 1. The number of ether oxygens (including phenoxy) is 1. The highest BCUT2D eigenvalue weighted by atomic mass is 32.2. The van der Waals surface area contributed by atoms with Gasteiger partial charge < -0.3 is 15.2 Å². The molecule has 0 spiro atoms. The van der Waals surface area contributed by atoms with Crippen LogP contribution in [0.4, 0.5) is 0 Å². The summed E-state index contributed by atoms with van der Waals surface area (Å²) in [6, 6.07) is 7.90. The van der Waals surface area contributed by atoms with Crippen LogP contribution in [-0.2, 0) is 0 Å². The molecule has 4 heteroatoms. The van der Waals surface area contributed by atoms with Crippen molar-refractivity contribution in [2.45, 2.75) is 37.5 Å². The number of aryl methyl sites for hydroxylation is 1. The Balaban J connectivity index is 1.64. The van der Waals surface area contributed by atoms with Crippen molar-refractivity contribution in [3.05, 3.63) is 29.8 Å². The fourth-order valence-electron chi connectivity index (χ4n) is 2.44. The summed E-state index contributed by atoms with van der Waals surface area (Å²) in [6.45, 7) is 6.21. The minimum Gasteiger partial charge on any atom is -0.491 e. The first-order valence-corrected chi connectivity index (χ1v) is 8.28. The van der Waals surface area contributed by atoms with Crippen LogP contribution in [0.2, 0.25) is 0 Å². The van der Waals surface area contributed by atoms with Gasteiger partial charge in [-0.1, -0.05) is 12.1 Å². The van der Waals surface area contributed by atoms with Crippen molar-refractivity contribution in [3.63, 3.8) is 0 Å². The maximum absolute atomic E-state index is 9.94. The van der Waals surface area contributed by atoms with E-state index in [1.165, 1.54) is 24.2 Å². The van der Waals surface area contributed by atoms with E-state index >= 15 is 0 Å². The lowest BCUT2D eigenvalue weighted by molar-refractivity contribution is 0.106. The Morgan fingerprint density at radius 1 is 1.50 bits per heavy atom. The van der Waals surface area contributed by atoms with E-state index in [1.807, 2.05) is 43.0 Å². The van der Waals surface area contributed by atoms with Crippen LogP contribution in [0.15, 0.2) is 24.3 Å². The first kappa shape index (κ1) is 15.7. The molecule has 1 aliphatic heterocycles. The largest absolute Gasteiger partial charge is 0.491 e. The van der Waals surface area contributed by atoms with Crippen molar-refractivity contribution in [2.75, 3.05) is 25.4 Å². The van der Waals surface area contributed by atoms with Gasteiger partial charge >= 0.3 is 0 Å². The topological polar surface area (TPSA) is 41.5 Å². The van der Waals surface area contributed by atoms with E-state index in [2.05, 4.69) is 12.2 Å². The molecular weight excluding hydrogens is 270 g/mol. The van der Waals surface area contributed by atoms with Crippen LogP contribution in [0, 0.1) is 6.92 Å². The molecule has 1 saturated heterocycles. The minimum absolute atomic E-state index is 0.334. The van der Waals surface area contributed by atoms with Gasteiger partial charge in [-0.25, -0.2) is 0 Å². The average Bonchev–Trinajstić information content (AvgIpc) is 2.83. The quantitative estimate of drug-likeness (QED) is 0.811. The van der Waals surface area contributed by atoms with Crippen molar-refractivity contribution in [1.82, 2.24) is 5.32 Å². The fourth-order valence-corrected chi connectivity index (χ4v) is 3.71. The third-order valence-electron chi connectivity index (χ3n) is 3.61. The molecule has 1 aromatic carbocycles. The summed E-state index contributed by atoms with van der Waals surface area (Å²) in [5, 5.41) is 13.3. The van der Waals surface area contributed by atoms with Gasteiger partial charge in [-0.2, -0.15) is 11.8 Å². The monoisotopic (exact) mass is 295 g/mol. The summed E-state index contributed by atoms with van der Waals surface area (Å²) in [4.78, 5) is 0. The number of benzene rings is 1. The van der Waals surface area contributed by atoms with Crippen LogP contribution in [0.3, 0.4) is 0 Å². The molecule has 1 fully saturated rings. The van der Waals surface area contributed by atoms with Crippen molar-refractivity contribution in [1.29, 1.82) is 0 Å². The first-order valence-electron chi connectivity index (χ1n) is 7.30. The van der Waals surface area contributed by atoms with E-state index < -0.39 is 6.10 Å². The number of thioether (sulfide) groups is 1. The predicted molar refractivity (Wildman–Crippen MR) is 85.6 cm³/mol. The normalized spacial score (nSPS) is 23.8. The molecule has 1 heterocycles. The molecule has 0 aliphatic carbocycles. The predicted octanol–water partition coefficient (Wildman–Crippen LogP) is 2.61. The van der Waals surface area contributed by atoms with Gasteiger partial charge in [-0.3, -0.25) is 0 Å². The first-order chi connectivity index (χ1) is 9.57. The van der Waals surface area contributed by atoms with Gasteiger partial charge in [0, 0.05) is 17.8 Å². The second-order valence-electron chi connectivity index (χ2n) is 5.81. The van der Waals surface area contributed by atoms with E-state index in [0.717, 1.165) is 12.3 Å². The van der Waals surface area contributed by atoms with E-state index in [9.17, 15) is 5.11 Å². The summed E-state index contributed by atoms with van der Waals surface area (Å²) in [6.07, 6.45) is 2.10. The number of hydrogen-bond donors (Lipinski definition) is 2. The summed E-state index contributed by atoms with van der Waals surface area (Å²) in [5.74, 6) is 2.08. The zero-order valence-electron chi connectivity index (χ0n) is 12.4. The Morgan fingerprint density at radius 3 is 3.05 bits per heavy atom. The highest BCUT2D eigenvalue weighted by Crippen LogP contribution is 2.36. The van der Waals surface area contributed by atoms with Crippen molar-refractivity contribution in [2.24, 2.45) is 0 Å². The van der Waals surface area contributed by atoms with Crippen LogP contribution in [0.1, 0.15) is 25.3 Å². The lowest BCUT2D eigenvalue weighted by Gasteiger charge is -2.24. The van der Waals surface area contributed by atoms with Gasteiger partial charge in [0.15, 0.2) is 0 Å². The SMILES string of the molecule is Cc1cccc(OCC(O)CNCC2(C)CCCS2)c1. The van der Waals surface area contributed by atoms with Gasteiger partial charge in [-0.15, -0.1) is 0 Å². The van der Waals surface area contributed by atoms with Gasteiger partial charge in [0.1, 0.15) is 18.5 Å². The summed E-state index contributed by atoms with van der Waals surface area (Å²) >= 11 is 2.03. The zero-order chi connectivity index (χ0) is 14.4. The minimum atomic E-state index is -0.467. The Labute approximate surface area is 126 Å². The van der Waals surface area contributed by atoms with Crippen LogP contribution in [-0.4, -0.2) is 41.4 Å². The Hall–Kier alpha value is -0.710. The molecule has 0 radical (unpaired) electrons. The fraction of sp³-hybridized carbons (Fsp3) is 0.625. The third-order valence-corrected chi connectivity index (χ3v) is 5.15. The molecule has 3 nitrogen and oxygen atoms in total. The highest BCUT2D eigenvalue weighted by Gasteiger charge is 2.28. The van der Waals surface area contributed by atoms with Gasteiger partial charge in [-0.05, 0) is 50.1 Å². The highest BCUT2D eigenvalue weighted by molar-refractivity contribution is 8.00. The molecule has 1 aliphatic rings. The van der Waals surface area contributed by atoms with Crippen LogP contribution < -0.4 is 10.1 Å². The molecule has 1 aromatic rings. The molecule has 2 rings (SSSR count). The van der Waals surface area contributed by atoms with E-state index in [1.54, 1.807) is 0 Å². The lowest BCUT2D eigenvalue weighted by Crippen LogP contribution is -2.39. The van der Waals surface area contributed by atoms with Gasteiger partial charge in [0.25, 0.3) is 0 Å². The lowest BCUT2D eigenvalue weighted by atomic mass is 10.1. The maximum Gasteiger partial charge on any atom is 0.119 e. The molecule has 2 atom stereocenters. The van der Waals surface area contributed by atoms with E-state index in [-0.39, 0.29) is 0 Å². The molecule has 112 valence electrons. The molecule has 2 unspecified atom stereocenters. The molecule has 2 N–H and O–H groups in total. The van der Waals surface area contributed by atoms with Crippen LogP contribution in [0.25, 0.3) is 0 Å². The molecule has 20 heavy (non-hydrogen) atoms. The standard InChI is InChI=1S/C16H25NO2S/c1-13-5-3-6-15(9-13)19-11-14(18)10-17-12-16(2)7-4-8-20-16/h3,5-6,9,14,17-18H,4,7-8,10-12H2,1-2H3. The summed E-state index contributed by atoms with van der Waals surface area (Å²) in [7, 11) is 0. The second-order valence-corrected chi connectivity index (χ2v) is 7.50. The summed E-state index contributed by atoms with van der Waals surface area (Å²) in [5.41, 5.74) is 1.17. The third kappa shape index (κ3) is 5.00. The second kappa shape index (κ2) is 7.34. The Bertz CT molecular complexity index is 419. The average molecular weight is 295 g/mol. The van der Waals surface area contributed by atoms with Gasteiger partial charge in [0.2, 0.25) is 0 Å². The molecule has 0 saturated carbocycles. The number of rotatable bonds is 7. The van der Waals surface area contributed by atoms with Crippen LogP contribution >= 0.6 is 11.8 Å². The molecule has 0 bridgehead atoms. The van der Waals surface area contributed by atoms with E-state index in [4.69, 9.17) is 4.74 Å². The zero-order valence-corrected chi connectivity index (χ0v) is 13.2. The maximum atomic E-state index is 9.94. The van der Waals surface area contributed by atoms with Crippen molar-refractivity contribution < 1.29 is 9.84 Å². The number of aliphatic hydroxyl groups is 1. The smallest absolute Gasteiger partial charge is 0.119 e. The molecular formula is C16H25NO2S. The van der Waals surface area contributed by atoms with Crippen molar-refractivity contribution in [3.8, 4) is 5.75 Å². The molecule has 0 amide bonds. The molecule has 0 aromatic heterocycles. The number of hydrogen-bond acceptors (Lipinski definition) is 4. The van der Waals surface area contributed by atoms with Crippen LogP contribution in [0.5, 0.6) is 5.75 Å². The Morgan fingerprint density at radius 2 is 2.35 bits per heavy atom.